The number of benzene rings is 3. The molecule has 7 atom stereocenters. The molecule has 4 heterocycles. The molecular formula is C46H50N4O13. The molecule has 17 nitrogen and oxygen atoms in total. The molecule has 9 rings (SSSR count). The Morgan fingerprint density at radius 1 is 1.02 bits per heavy atom. The van der Waals surface area contributed by atoms with Crippen LogP contribution < -0.4 is 36.0 Å². The van der Waals surface area contributed by atoms with Gasteiger partial charge in [0.25, 0.3) is 0 Å². The Balaban J connectivity index is 1.12. The number of fused-ring (bicyclic) bond motifs is 3. The van der Waals surface area contributed by atoms with Gasteiger partial charge in [-0.05, 0) is 97.8 Å². The third-order valence-electron chi connectivity index (χ3n) is 12.9. The quantitative estimate of drug-likeness (QED) is 0.0759. The minimum Gasteiger partial charge on any atom is -0.508 e. The summed E-state index contributed by atoms with van der Waals surface area (Å²) in [5.74, 6) is -2.76. The van der Waals surface area contributed by atoms with E-state index in [4.69, 9.17) is 29.1 Å². The molecule has 2 aromatic heterocycles. The second-order valence-electron chi connectivity index (χ2n) is 16.8. The minimum absolute atomic E-state index is 0.0124. The lowest BCUT2D eigenvalue weighted by Gasteiger charge is -2.56. The van der Waals surface area contributed by atoms with Crippen LogP contribution in [0.3, 0.4) is 0 Å². The van der Waals surface area contributed by atoms with Crippen LogP contribution in [0.2, 0.25) is 0 Å². The fourth-order valence-electron chi connectivity index (χ4n) is 9.55. The molecule has 2 aliphatic heterocycles. The molecule has 0 spiro atoms. The Labute approximate surface area is 360 Å². The van der Waals surface area contributed by atoms with E-state index in [2.05, 4.69) is 15.6 Å². The number of aryl methyl sites for hydroxylation is 1. The number of aromatic hydroxyl groups is 2. The topological polar surface area (TPSA) is 271 Å². The van der Waals surface area contributed by atoms with E-state index < -0.39 is 64.4 Å². The summed E-state index contributed by atoms with van der Waals surface area (Å²) in [6, 6.07) is 17.6. The summed E-state index contributed by atoms with van der Waals surface area (Å²) in [7, 11) is 0. The highest BCUT2D eigenvalue weighted by Gasteiger charge is 2.70. The van der Waals surface area contributed by atoms with Gasteiger partial charge in [0.05, 0.1) is 6.61 Å². The van der Waals surface area contributed by atoms with Crippen LogP contribution in [0.4, 0.5) is 5.82 Å². The number of nitrogens with two attached hydrogens (primary N) is 1. The Morgan fingerprint density at radius 3 is 2.48 bits per heavy atom. The molecule has 3 aromatic carbocycles. The minimum atomic E-state index is -2.54. The van der Waals surface area contributed by atoms with Crippen molar-refractivity contribution in [3.8, 4) is 40.1 Å². The Morgan fingerprint density at radius 2 is 1.79 bits per heavy atom. The zero-order valence-corrected chi connectivity index (χ0v) is 34.4. The van der Waals surface area contributed by atoms with Crippen molar-refractivity contribution in [2.45, 2.75) is 86.8 Å². The first kappa shape index (κ1) is 42.2. The number of phenols is 2. The normalized spacial score (nSPS) is 27.4. The van der Waals surface area contributed by atoms with Crippen LogP contribution in [0, 0.1) is 5.92 Å². The highest BCUT2D eigenvalue weighted by Crippen LogP contribution is 2.53. The number of carboxylic acid groups (broad SMARTS) is 1. The number of hydrogen-bond acceptors (Lipinski definition) is 15. The molecule has 2 aliphatic carbocycles. The van der Waals surface area contributed by atoms with Crippen molar-refractivity contribution in [1.29, 1.82) is 0 Å². The lowest BCUT2D eigenvalue weighted by Crippen LogP contribution is -2.79. The molecule has 63 heavy (non-hydrogen) atoms. The van der Waals surface area contributed by atoms with Crippen molar-refractivity contribution < 1.29 is 58.8 Å². The van der Waals surface area contributed by atoms with Crippen molar-refractivity contribution in [1.82, 2.24) is 15.6 Å². The fourth-order valence-corrected chi connectivity index (χ4v) is 9.55. The number of carboxylic acids is 1. The van der Waals surface area contributed by atoms with E-state index in [0.717, 1.165) is 11.3 Å². The molecule has 332 valence electrons. The number of aliphatic hydroxyl groups excluding tert-OH is 1. The molecular weight excluding hydrogens is 817 g/mol. The van der Waals surface area contributed by atoms with Crippen LogP contribution in [-0.4, -0.2) is 97.2 Å². The van der Waals surface area contributed by atoms with Gasteiger partial charge < -0.3 is 70.0 Å². The molecule has 17 heteroatoms. The van der Waals surface area contributed by atoms with Crippen LogP contribution in [-0.2, 0) is 28.0 Å². The largest absolute Gasteiger partial charge is 0.508 e. The van der Waals surface area contributed by atoms with E-state index >= 15 is 0 Å². The van der Waals surface area contributed by atoms with Gasteiger partial charge in [-0.25, -0.2) is 4.79 Å². The molecule has 1 saturated carbocycles. The molecule has 2 saturated heterocycles. The van der Waals surface area contributed by atoms with E-state index in [1.807, 2.05) is 19.1 Å². The first-order valence-electron chi connectivity index (χ1n) is 21.1. The molecule has 0 unspecified atom stereocenters. The average Bonchev–Trinajstić information content (AvgIpc) is 4.06. The summed E-state index contributed by atoms with van der Waals surface area (Å²) in [4.78, 5) is 30.0. The predicted molar refractivity (Wildman–Crippen MR) is 228 cm³/mol. The van der Waals surface area contributed by atoms with Crippen molar-refractivity contribution in [2.75, 3.05) is 25.6 Å². The van der Waals surface area contributed by atoms with Gasteiger partial charge in [-0.3, -0.25) is 10.1 Å². The summed E-state index contributed by atoms with van der Waals surface area (Å²) in [5.41, 5.74) is 1.61. The molecule has 0 radical (unpaired) electrons. The number of H-pyrrole nitrogens is 1. The van der Waals surface area contributed by atoms with E-state index in [0.29, 0.717) is 81.0 Å². The molecule has 3 fully saturated rings. The standard InChI is InChI=1S/C46H50N4O13/c1-2-24-17-26(19-28(51)18-24)44(13-3-4-14-44)63-39-35(61-43-45(57)15-11-30(31-22-48-23-49-31)46(58,42(45)56)40(62-43)41(54)55)21-34-37(38(39)53)32(52)20-33(60-34)25-5-8-29(9-6-25)59-16-12-27-7-10-36(47)50-27/h5-11,15,17-21,30-31,40,42-43,48-51,53,56-58H,2-4,12-14,16,22-23,47H2,1H3,(H,54,55)/t30-,31-,40-,42+,43-,45-,46-/m1/s1. The predicted octanol–water partition coefficient (Wildman–Crippen LogP) is 3.53. The van der Waals surface area contributed by atoms with Gasteiger partial charge in [-0.1, -0.05) is 19.1 Å². The van der Waals surface area contributed by atoms with Crippen molar-refractivity contribution in [3.63, 3.8) is 0 Å². The van der Waals surface area contributed by atoms with Gasteiger partial charge in [0, 0.05) is 55.0 Å². The number of ether oxygens (including phenoxy) is 4. The Kier molecular flexibility index (Phi) is 10.9. The number of anilines is 1. The number of nitrogens with one attached hydrogen (secondary N) is 3. The molecule has 0 amide bonds. The summed E-state index contributed by atoms with van der Waals surface area (Å²) in [6.45, 7) is 3.02. The zero-order chi connectivity index (χ0) is 44.3. The Bertz CT molecular complexity index is 2620. The third kappa shape index (κ3) is 7.43. The number of aliphatic hydroxyl groups is 3. The van der Waals surface area contributed by atoms with E-state index in [1.165, 1.54) is 24.3 Å². The van der Waals surface area contributed by atoms with Crippen LogP contribution in [0.1, 0.15) is 49.4 Å². The number of nitrogen functional groups attached to an aromatic ring is 1. The van der Waals surface area contributed by atoms with Crippen molar-refractivity contribution >= 4 is 22.8 Å². The average molecular weight is 867 g/mol. The number of phenolic OH excluding ortho intramolecular Hbond substituents is 2. The number of aromatic amines is 1. The molecule has 5 aromatic rings. The van der Waals surface area contributed by atoms with Gasteiger partial charge >= 0.3 is 5.97 Å². The first-order valence-corrected chi connectivity index (χ1v) is 21.1. The maximum atomic E-state index is 14.0. The monoisotopic (exact) mass is 866 g/mol. The van der Waals surface area contributed by atoms with Gasteiger partial charge in [0.1, 0.15) is 51.4 Å². The van der Waals surface area contributed by atoms with Crippen LogP contribution in [0.25, 0.3) is 22.3 Å². The summed E-state index contributed by atoms with van der Waals surface area (Å²) >= 11 is 0. The molecule has 2 bridgehead atoms. The van der Waals surface area contributed by atoms with E-state index in [9.17, 15) is 40.2 Å². The Hall–Kier alpha value is -6.08. The summed E-state index contributed by atoms with van der Waals surface area (Å²) < 4.78 is 31.3. The van der Waals surface area contributed by atoms with Gasteiger partial charge in [0.15, 0.2) is 28.6 Å². The lowest BCUT2D eigenvalue weighted by atomic mass is 9.63. The number of aromatic nitrogens is 1. The van der Waals surface area contributed by atoms with E-state index in [1.54, 1.807) is 42.5 Å². The number of hydrogen-bond donors (Lipinski definition) is 10. The maximum absolute atomic E-state index is 14.0. The third-order valence-corrected chi connectivity index (χ3v) is 12.9. The number of carbonyl (C=O) groups is 1. The second-order valence-corrected chi connectivity index (χ2v) is 16.8. The highest BCUT2D eigenvalue weighted by molar-refractivity contribution is 5.89. The van der Waals surface area contributed by atoms with Gasteiger partial charge in [0.2, 0.25) is 12.0 Å². The van der Waals surface area contributed by atoms with Crippen molar-refractivity contribution in [3.05, 3.63) is 106 Å². The smallest absolute Gasteiger partial charge is 0.336 e. The lowest BCUT2D eigenvalue weighted by molar-refractivity contribution is -0.342. The van der Waals surface area contributed by atoms with Crippen molar-refractivity contribution in [2.24, 2.45) is 5.92 Å². The maximum Gasteiger partial charge on any atom is 0.336 e. The first-order chi connectivity index (χ1) is 30.2. The van der Waals surface area contributed by atoms with Crippen LogP contribution in [0.15, 0.2) is 88.1 Å². The summed E-state index contributed by atoms with van der Waals surface area (Å²) in [6.07, 6.45) is -0.132. The molecule has 4 aliphatic rings. The van der Waals surface area contributed by atoms with Crippen LogP contribution in [0.5, 0.6) is 28.7 Å². The number of aliphatic carboxylic acids is 1. The van der Waals surface area contributed by atoms with E-state index in [-0.39, 0.29) is 34.0 Å². The SMILES string of the molecule is CCc1cc(O)cc(C2(Oc3c(O[C@@H]4O[C@H](C(=O)O)[C@]5(O)[C@@H]([C@H]6CNCN6)C=C[C@@]4(O)[C@@H]5O)cc4oc(-c5ccc(OCCc6ccc(N)[nH]6)cc5)cc(=O)c4c3O)CCCC2)c1. The number of rotatable bonds is 13. The van der Waals surface area contributed by atoms with Gasteiger partial charge in [-0.15, -0.1) is 0 Å². The second kappa shape index (κ2) is 16.2. The fraction of sp³-hybridized carbons (Fsp3) is 0.391. The van der Waals surface area contributed by atoms with Crippen LogP contribution >= 0.6 is 0 Å². The van der Waals surface area contributed by atoms with Gasteiger partial charge in [-0.2, -0.15) is 0 Å². The summed E-state index contributed by atoms with van der Waals surface area (Å²) in [5, 5.41) is 75.4. The molecule has 11 N–H and O–H groups in total. The highest BCUT2D eigenvalue weighted by atomic mass is 16.7. The zero-order valence-electron chi connectivity index (χ0n) is 34.4.